The highest BCUT2D eigenvalue weighted by Gasteiger charge is 2.28. The number of nitrogens with zero attached hydrogens (tertiary/aromatic N) is 3. The number of hydrogen-bond donors (Lipinski definition) is 0. The van der Waals surface area contributed by atoms with Crippen LogP contribution in [0.25, 0.3) is 6.08 Å². The maximum Gasteiger partial charge on any atom is 0.246 e. The van der Waals surface area contributed by atoms with E-state index in [0.29, 0.717) is 24.2 Å². The second-order valence-electron chi connectivity index (χ2n) is 6.50. The van der Waals surface area contributed by atoms with Crippen LogP contribution >= 0.6 is 0 Å². The van der Waals surface area contributed by atoms with Gasteiger partial charge in [0.2, 0.25) is 15.9 Å². The molecule has 144 valence electrons. The number of hydrogen-bond acceptors (Lipinski definition) is 4. The molecule has 28 heavy (non-hydrogen) atoms. The molecule has 0 unspecified atom stereocenters. The van der Waals surface area contributed by atoms with E-state index >= 15 is 0 Å². The smallest absolute Gasteiger partial charge is 0.246 e. The van der Waals surface area contributed by atoms with Crippen molar-refractivity contribution in [2.75, 3.05) is 26.2 Å². The van der Waals surface area contributed by atoms with Crippen LogP contribution in [0.4, 0.5) is 0 Å². The van der Waals surface area contributed by atoms with Gasteiger partial charge in [-0.15, -0.1) is 0 Å². The summed E-state index contributed by atoms with van der Waals surface area (Å²) < 4.78 is 26.6. The lowest BCUT2D eigenvalue weighted by Crippen LogP contribution is -2.50. The van der Waals surface area contributed by atoms with Gasteiger partial charge in [0, 0.05) is 32.3 Å². The van der Waals surface area contributed by atoms with Crippen molar-refractivity contribution in [1.82, 2.24) is 9.21 Å². The number of carbonyl (C=O) groups excluding carboxylic acids is 1. The van der Waals surface area contributed by atoms with Gasteiger partial charge in [0.1, 0.15) is 0 Å². The molecule has 0 radical (unpaired) electrons. The molecular formula is C21H21N3O3S. The first kappa shape index (κ1) is 19.8. The highest BCUT2D eigenvalue weighted by atomic mass is 32.2. The topological polar surface area (TPSA) is 81.5 Å². The number of sulfonamides is 1. The van der Waals surface area contributed by atoms with E-state index in [0.717, 1.165) is 5.56 Å². The fraction of sp³-hybridized carbons (Fsp3) is 0.238. The van der Waals surface area contributed by atoms with Gasteiger partial charge in [-0.05, 0) is 23.3 Å². The molecule has 7 heteroatoms. The highest BCUT2D eigenvalue weighted by Crippen LogP contribution is 2.15. The number of rotatable bonds is 5. The van der Waals surface area contributed by atoms with E-state index in [2.05, 4.69) is 6.07 Å². The van der Waals surface area contributed by atoms with Crippen LogP contribution in [-0.4, -0.2) is 49.7 Å². The summed E-state index contributed by atoms with van der Waals surface area (Å²) in [6.07, 6.45) is 3.06. The highest BCUT2D eigenvalue weighted by molar-refractivity contribution is 7.88. The van der Waals surface area contributed by atoms with Crippen LogP contribution in [0.3, 0.4) is 0 Å². The second kappa shape index (κ2) is 8.83. The molecular weight excluding hydrogens is 374 g/mol. The maximum atomic E-state index is 12.6. The van der Waals surface area contributed by atoms with Gasteiger partial charge in [0.05, 0.1) is 17.4 Å². The van der Waals surface area contributed by atoms with E-state index in [9.17, 15) is 13.2 Å². The van der Waals surface area contributed by atoms with Gasteiger partial charge < -0.3 is 4.90 Å². The third-order valence-electron chi connectivity index (χ3n) is 4.62. The lowest BCUT2D eigenvalue weighted by atomic mass is 10.1. The molecule has 6 nitrogen and oxygen atoms in total. The quantitative estimate of drug-likeness (QED) is 0.727. The first-order valence-corrected chi connectivity index (χ1v) is 10.6. The van der Waals surface area contributed by atoms with E-state index in [1.54, 1.807) is 47.4 Å². The van der Waals surface area contributed by atoms with Crippen LogP contribution in [0.15, 0.2) is 60.7 Å². The molecule has 2 aromatic rings. The molecule has 0 atom stereocenters. The van der Waals surface area contributed by atoms with Crippen LogP contribution < -0.4 is 0 Å². The Bertz CT molecular complexity index is 1000. The molecule has 1 aliphatic heterocycles. The summed E-state index contributed by atoms with van der Waals surface area (Å²) in [7, 11) is -3.41. The van der Waals surface area contributed by atoms with Gasteiger partial charge in [-0.25, -0.2) is 8.42 Å². The standard InChI is InChI=1S/C21H21N3O3S/c22-16-20-9-5-4-8-19(20)10-11-21(25)23-12-14-24(15-13-23)28(26,27)17-18-6-2-1-3-7-18/h1-11H,12-15,17H2/b11-10+. The van der Waals surface area contributed by atoms with Gasteiger partial charge in [-0.2, -0.15) is 9.57 Å². The summed E-state index contributed by atoms with van der Waals surface area (Å²) in [6, 6.07) is 18.2. The molecule has 0 spiro atoms. The first-order valence-electron chi connectivity index (χ1n) is 8.97. The molecule has 0 N–H and O–H groups in total. The minimum Gasteiger partial charge on any atom is -0.337 e. The number of piperazine rings is 1. The Morgan fingerprint density at radius 2 is 1.64 bits per heavy atom. The maximum absolute atomic E-state index is 12.6. The zero-order chi connectivity index (χ0) is 20.0. The normalized spacial score (nSPS) is 15.5. The average molecular weight is 395 g/mol. The van der Waals surface area contributed by atoms with Crippen molar-refractivity contribution in [2.24, 2.45) is 0 Å². The van der Waals surface area contributed by atoms with Crippen LogP contribution in [0.2, 0.25) is 0 Å². The number of amides is 1. The Labute approximate surface area is 165 Å². The fourth-order valence-electron chi connectivity index (χ4n) is 3.07. The van der Waals surface area contributed by atoms with Crippen LogP contribution in [0.5, 0.6) is 0 Å². The molecule has 0 aromatic heterocycles. The van der Waals surface area contributed by atoms with Gasteiger partial charge in [-0.1, -0.05) is 48.5 Å². The summed E-state index contributed by atoms with van der Waals surface area (Å²) in [5.74, 6) is -0.222. The molecule has 1 aliphatic rings. The van der Waals surface area contributed by atoms with Gasteiger partial charge in [-0.3, -0.25) is 4.79 Å². The van der Waals surface area contributed by atoms with Crippen molar-refractivity contribution in [3.8, 4) is 6.07 Å². The molecule has 2 aromatic carbocycles. The molecule has 1 fully saturated rings. The molecule has 0 aliphatic carbocycles. The monoisotopic (exact) mass is 395 g/mol. The Morgan fingerprint density at radius 1 is 1.00 bits per heavy atom. The molecule has 3 rings (SSSR count). The van der Waals surface area contributed by atoms with Crippen LogP contribution in [0, 0.1) is 11.3 Å². The fourth-order valence-corrected chi connectivity index (χ4v) is 4.59. The van der Waals surface area contributed by atoms with Gasteiger partial charge in [0.15, 0.2) is 0 Å². The third kappa shape index (κ3) is 4.85. The molecule has 0 saturated carbocycles. The van der Waals surface area contributed by atoms with Gasteiger partial charge >= 0.3 is 0 Å². The minimum absolute atomic E-state index is 0.0351. The molecule has 1 saturated heterocycles. The third-order valence-corrected chi connectivity index (χ3v) is 6.47. The predicted molar refractivity (Wildman–Crippen MR) is 107 cm³/mol. The SMILES string of the molecule is N#Cc1ccccc1/C=C/C(=O)N1CCN(S(=O)(=O)Cc2ccccc2)CC1. The van der Waals surface area contributed by atoms with Gasteiger partial charge in [0.25, 0.3) is 0 Å². The van der Waals surface area contributed by atoms with Crippen molar-refractivity contribution >= 4 is 22.0 Å². The zero-order valence-electron chi connectivity index (χ0n) is 15.4. The Balaban J connectivity index is 1.58. The Hall–Kier alpha value is -2.95. The first-order chi connectivity index (χ1) is 13.5. The van der Waals surface area contributed by atoms with Crippen molar-refractivity contribution in [3.05, 3.63) is 77.4 Å². The summed E-state index contributed by atoms with van der Waals surface area (Å²) >= 11 is 0. The number of nitriles is 1. The van der Waals surface area contributed by atoms with E-state index in [-0.39, 0.29) is 24.7 Å². The van der Waals surface area contributed by atoms with Crippen LogP contribution in [-0.2, 0) is 20.6 Å². The number of carbonyl (C=O) groups is 1. The lowest BCUT2D eigenvalue weighted by Gasteiger charge is -2.33. The lowest BCUT2D eigenvalue weighted by molar-refractivity contribution is -0.127. The zero-order valence-corrected chi connectivity index (χ0v) is 16.2. The summed E-state index contributed by atoms with van der Waals surface area (Å²) in [5, 5.41) is 9.10. The largest absolute Gasteiger partial charge is 0.337 e. The Morgan fingerprint density at radius 3 is 2.32 bits per heavy atom. The number of benzene rings is 2. The summed E-state index contributed by atoms with van der Waals surface area (Å²) in [6.45, 7) is 1.25. The van der Waals surface area contributed by atoms with Crippen LogP contribution in [0.1, 0.15) is 16.7 Å². The predicted octanol–water partition coefficient (Wildman–Crippen LogP) is 2.25. The van der Waals surface area contributed by atoms with E-state index < -0.39 is 10.0 Å². The summed E-state index contributed by atoms with van der Waals surface area (Å²) in [5.41, 5.74) is 1.94. The average Bonchev–Trinajstić information content (AvgIpc) is 2.72. The molecule has 0 bridgehead atoms. The summed E-state index contributed by atoms with van der Waals surface area (Å²) in [4.78, 5) is 14.0. The Kier molecular flexibility index (Phi) is 6.24. The van der Waals surface area contributed by atoms with Crippen molar-refractivity contribution in [3.63, 3.8) is 0 Å². The van der Waals surface area contributed by atoms with Crippen molar-refractivity contribution < 1.29 is 13.2 Å². The second-order valence-corrected chi connectivity index (χ2v) is 8.47. The van der Waals surface area contributed by atoms with Crippen molar-refractivity contribution in [2.45, 2.75) is 5.75 Å². The molecule has 1 amide bonds. The van der Waals surface area contributed by atoms with Crippen molar-refractivity contribution in [1.29, 1.82) is 5.26 Å². The minimum atomic E-state index is -3.41. The molecule has 1 heterocycles. The van der Waals surface area contributed by atoms with E-state index in [4.69, 9.17) is 5.26 Å². The van der Waals surface area contributed by atoms with E-state index in [1.807, 2.05) is 18.2 Å². The van der Waals surface area contributed by atoms with E-state index in [1.165, 1.54) is 10.4 Å².